The lowest BCUT2D eigenvalue weighted by Crippen LogP contribution is -2.37. The zero-order valence-corrected chi connectivity index (χ0v) is 14.7. The molecule has 0 N–H and O–H groups in total. The van der Waals surface area contributed by atoms with Crippen LogP contribution >= 0.6 is 0 Å². The van der Waals surface area contributed by atoms with Crippen LogP contribution in [0.15, 0.2) is 48.5 Å². The van der Waals surface area contributed by atoms with E-state index in [1.54, 1.807) is 0 Å². The Bertz CT molecular complexity index is 814. The van der Waals surface area contributed by atoms with Gasteiger partial charge in [0.2, 0.25) is 0 Å². The number of halogens is 2. The third-order valence-corrected chi connectivity index (χ3v) is 4.41. The van der Waals surface area contributed by atoms with Gasteiger partial charge in [0.1, 0.15) is 18.2 Å². The summed E-state index contributed by atoms with van der Waals surface area (Å²) in [6.45, 7) is 1.47. The standard InChI is InChI=1S/C20H20F2N2O3/c21-16-7-8-18(22)17(13-16)19(25)23-9-4-10-24(12-11-23)20(26)27-14-15-5-2-1-3-6-15/h1-3,5-8,13H,4,9-12,14H2. The molecule has 27 heavy (non-hydrogen) atoms. The normalized spacial score (nSPS) is 14.6. The van der Waals surface area contributed by atoms with Gasteiger partial charge in [0, 0.05) is 26.2 Å². The molecule has 0 radical (unpaired) electrons. The van der Waals surface area contributed by atoms with Crippen molar-refractivity contribution in [3.63, 3.8) is 0 Å². The summed E-state index contributed by atoms with van der Waals surface area (Å²) in [7, 11) is 0. The van der Waals surface area contributed by atoms with E-state index in [1.165, 1.54) is 9.80 Å². The third kappa shape index (κ3) is 4.81. The fourth-order valence-corrected chi connectivity index (χ4v) is 2.95. The molecule has 1 heterocycles. The van der Waals surface area contributed by atoms with Gasteiger partial charge in [0.15, 0.2) is 0 Å². The molecule has 1 aliphatic rings. The van der Waals surface area contributed by atoms with Crippen molar-refractivity contribution >= 4 is 12.0 Å². The van der Waals surface area contributed by atoms with E-state index in [-0.39, 0.29) is 25.3 Å². The molecule has 1 aliphatic heterocycles. The molecule has 2 aromatic rings. The van der Waals surface area contributed by atoms with Gasteiger partial charge in [-0.05, 0) is 30.2 Å². The number of hydrogen-bond donors (Lipinski definition) is 0. The number of rotatable bonds is 3. The molecule has 142 valence electrons. The lowest BCUT2D eigenvalue weighted by atomic mass is 10.1. The first-order valence-electron chi connectivity index (χ1n) is 8.74. The summed E-state index contributed by atoms with van der Waals surface area (Å²) < 4.78 is 32.5. The van der Waals surface area contributed by atoms with E-state index < -0.39 is 23.6 Å². The van der Waals surface area contributed by atoms with Crippen LogP contribution in [-0.2, 0) is 11.3 Å². The second kappa shape index (κ2) is 8.62. The van der Waals surface area contributed by atoms with Gasteiger partial charge in [-0.2, -0.15) is 0 Å². The Morgan fingerprint density at radius 2 is 1.63 bits per heavy atom. The van der Waals surface area contributed by atoms with Gasteiger partial charge in [-0.1, -0.05) is 30.3 Å². The van der Waals surface area contributed by atoms with Crippen LogP contribution in [0.2, 0.25) is 0 Å². The van der Waals surface area contributed by atoms with E-state index in [2.05, 4.69) is 0 Å². The third-order valence-electron chi connectivity index (χ3n) is 4.41. The van der Waals surface area contributed by atoms with Gasteiger partial charge < -0.3 is 14.5 Å². The Kier molecular flexibility index (Phi) is 6.01. The maximum Gasteiger partial charge on any atom is 0.410 e. The van der Waals surface area contributed by atoms with Crippen LogP contribution in [0.1, 0.15) is 22.3 Å². The van der Waals surface area contributed by atoms with E-state index in [0.29, 0.717) is 19.5 Å². The SMILES string of the molecule is O=C(OCc1ccccc1)N1CCCN(C(=O)c2cc(F)ccc2F)CC1. The maximum atomic E-state index is 13.8. The second-order valence-corrected chi connectivity index (χ2v) is 6.30. The number of carbonyl (C=O) groups is 2. The highest BCUT2D eigenvalue weighted by Gasteiger charge is 2.25. The molecule has 0 spiro atoms. The molecule has 0 atom stereocenters. The zero-order chi connectivity index (χ0) is 19.2. The van der Waals surface area contributed by atoms with Crippen molar-refractivity contribution < 1.29 is 23.1 Å². The van der Waals surface area contributed by atoms with Gasteiger partial charge in [0.25, 0.3) is 5.91 Å². The topological polar surface area (TPSA) is 49.9 Å². The fourth-order valence-electron chi connectivity index (χ4n) is 2.95. The van der Waals surface area contributed by atoms with Crippen LogP contribution in [0.25, 0.3) is 0 Å². The van der Waals surface area contributed by atoms with Crippen LogP contribution in [0.3, 0.4) is 0 Å². The summed E-state index contributed by atoms with van der Waals surface area (Å²) in [5, 5.41) is 0. The van der Waals surface area contributed by atoms with Crippen molar-refractivity contribution in [2.24, 2.45) is 0 Å². The minimum absolute atomic E-state index is 0.174. The quantitative estimate of drug-likeness (QED) is 0.827. The van der Waals surface area contributed by atoms with E-state index >= 15 is 0 Å². The lowest BCUT2D eigenvalue weighted by molar-refractivity contribution is 0.0744. The number of amides is 2. The van der Waals surface area contributed by atoms with E-state index in [4.69, 9.17) is 4.74 Å². The lowest BCUT2D eigenvalue weighted by Gasteiger charge is -2.22. The summed E-state index contributed by atoms with van der Waals surface area (Å²) in [4.78, 5) is 27.7. The smallest absolute Gasteiger partial charge is 0.410 e. The average molecular weight is 374 g/mol. The molecule has 1 saturated heterocycles. The maximum absolute atomic E-state index is 13.8. The van der Waals surface area contributed by atoms with Gasteiger partial charge in [-0.3, -0.25) is 4.79 Å². The van der Waals surface area contributed by atoms with Crippen molar-refractivity contribution in [3.8, 4) is 0 Å². The van der Waals surface area contributed by atoms with Crippen LogP contribution in [0, 0.1) is 11.6 Å². The van der Waals surface area contributed by atoms with Crippen LogP contribution in [0.5, 0.6) is 0 Å². The Balaban J connectivity index is 1.57. The Hall–Kier alpha value is -2.96. The zero-order valence-electron chi connectivity index (χ0n) is 14.7. The summed E-state index contributed by atoms with van der Waals surface area (Å²) >= 11 is 0. The number of nitrogens with zero attached hydrogens (tertiary/aromatic N) is 2. The summed E-state index contributed by atoms with van der Waals surface area (Å²) in [6.07, 6.45) is 0.0772. The minimum atomic E-state index is -0.759. The molecule has 0 saturated carbocycles. The van der Waals surface area contributed by atoms with Gasteiger partial charge in [-0.25, -0.2) is 13.6 Å². The Morgan fingerprint density at radius 1 is 0.926 bits per heavy atom. The Morgan fingerprint density at radius 3 is 2.41 bits per heavy atom. The van der Waals surface area contributed by atoms with Crippen molar-refractivity contribution in [3.05, 3.63) is 71.3 Å². The first-order valence-corrected chi connectivity index (χ1v) is 8.74. The van der Waals surface area contributed by atoms with Gasteiger partial charge >= 0.3 is 6.09 Å². The highest BCUT2D eigenvalue weighted by Crippen LogP contribution is 2.15. The van der Waals surface area contributed by atoms with Crippen molar-refractivity contribution in [1.29, 1.82) is 0 Å². The molecule has 0 aromatic heterocycles. The highest BCUT2D eigenvalue weighted by atomic mass is 19.1. The first-order chi connectivity index (χ1) is 13.0. The molecule has 5 nitrogen and oxygen atoms in total. The Labute approximate surface area is 156 Å². The molecule has 0 bridgehead atoms. The monoisotopic (exact) mass is 374 g/mol. The first kappa shape index (κ1) is 18.8. The molecular formula is C20H20F2N2O3. The molecule has 2 amide bonds. The predicted molar refractivity (Wildman–Crippen MR) is 95.1 cm³/mol. The van der Waals surface area contributed by atoms with Crippen LogP contribution in [-0.4, -0.2) is 48.0 Å². The fraction of sp³-hybridized carbons (Fsp3) is 0.300. The van der Waals surface area contributed by atoms with Crippen molar-refractivity contribution in [2.75, 3.05) is 26.2 Å². The number of carbonyl (C=O) groups excluding carboxylic acids is 2. The molecule has 0 unspecified atom stereocenters. The second-order valence-electron chi connectivity index (χ2n) is 6.30. The van der Waals surface area contributed by atoms with E-state index in [1.807, 2.05) is 30.3 Å². The predicted octanol–water partition coefficient (Wildman–Crippen LogP) is 3.45. The van der Waals surface area contributed by atoms with Crippen LogP contribution < -0.4 is 0 Å². The van der Waals surface area contributed by atoms with Crippen molar-refractivity contribution in [1.82, 2.24) is 9.80 Å². The van der Waals surface area contributed by atoms with Gasteiger partial charge in [-0.15, -0.1) is 0 Å². The molecule has 3 rings (SSSR count). The summed E-state index contributed by atoms with van der Waals surface area (Å²) in [6, 6.07) is 12.1. The number of ether oxygens (including phenoxy) is 1. The molecule has 2 aromatic carbocycles. The van der Waals surface area contributed by atoms with Crippen molar-refractivity contribution in [2.45, 2.75) is 13.0 Å². The summed E-state index contributed by atoms with van der Waals surface area (Å²) in [5.74, 6) is -2.00. The largest absolute Gasteiger partial charge is 0.445 e. The number of hydrogen-bond acceptors (Lipinski definition) is 3. The van der Waals surface area contributed by atoms with E-state index in [0.717, 1.165) is 23.8 Å². The molecular weight excluding hydrogens is 354 g/mol. The van der Waals surface area contributed by atoms with Gasteiger partial charge in [0.05, 0.1) is 5.56 Å². The number of benzene rings is 2. The molecule has 7 heteroatoms. The molecule has 0 aliphatic carbocycles. The summed E-state index contributed by atoms with van der Waals surface area (Å²) in [5.41, 5.74) is 0.592. The van der Waals surface area contributed by atoms with E-state index in [9.17, 15) is 18.4 Å². The highest BCUT2D eigenvalue weighted by molar-refractivity contribution is 5.94. The average Bonchev–Trinajstić information content (AvgIpc) is 2.94. The van der Waals surface area contributed by atoms with Crippen LogP contribution in [0.4, 0.5) is 13.6 Å². The minimum Gasteiger partial charge on any atom is -0.445 e. The molecule has 1 fully saturated rings.